The molecule has 0 aromatic heterocycles. The van der Waals surface area contributed by atoms with Crippen molar-refractivity contribution in [1.82, 2.24) is 4.90 Å². The van der Waals surface area contributed by atoms with Gasteiger partial charge in [0.2, 0.25) is 0 Å². The number of halogens is 1. The molecule has 4 nitrogen and oxygen atoms in total. The molecule has 92 valence electrons. The quantitative estimate of drug-likeness (QED) is 0.864. The predicted octanol–water partition coefficient (Wildman–Crippen LogP) is 1.32. The van der Waals surface area contributed by atoms with E-state index in [1.807, 2.05) is 0 Å². The van der Waals surface area contributed by atoms with E-state index < -0.39 is 0 Å². The molecule has 1 amide bonds. The van der Waals surface area contributed by atoms with Crippen LogP contribution in [-0.2, 0) is 4.74 Å². The first-order valence-electron chi connectivity index (χ1n) is 5.58. The van der Waals surface area contributed by atoms with Crippen LogP contribution in [0.4, 0.5) is 9.18 Å². The van der Waals surface area contributed by atoms with Gasteiger partial charge in [0.15, 0.2) is 0 Å². The molecule has 17 heavy (non-hydrogen) atoms. The lowest BCUT2D eigenvalue weighted by Crippen LogP contribution is -2.44. The highest BCUT2D eigenvalue weighted by molar-refractivity contribution is 5.68. The van der Waals surface area contributed by atoms with Gasteiger partial charge in [-0.05, 0) is 17.7 Å². The van der Waals surface area contributed by atoms with Crippen LogP contribution < -0.4 is 5.73 Å². The number of hydrogen-bond acceptors (Lipinski definition) is 3. The van der Waals surface area contributed by atoms with Gasteiger partial charge in [-0.15, -0.1) is 0 Å². The van der Waals surface area contributed by atoms with Gasteiger partial charge in [0.05, 0.1) is 0 Å². The van der Waals surface area contributed by atoms with E-state index in [0.717, 1.165) is 5.56 Å². The number of ether oxygens (including phenoxy) is 1. The summed E-state index contributed by atoms with van der Waals surface area (Å²) in [7, 11) is 0. The highest BCUT2D eigenvalue weighted by Gasteiger charge is 2.27. The number of rotatable bonds is 3. The largest absolute Gasteiger partial charge is 0.449 e. The van der Waals surface area contributed by atoms with Gasteiger partial charge >= 0.3 is 6.09 Å². The summed E-state index contributed by atoms with van der Waals surface area (Å²) in [6, 6.07) is 6.28. The molecule has 0 saturated carbocycles. The van der Waals surface area contributed by atoms with Crippen LogP contribution in [0.25, 0.3) is 0 Å². The Morgan fingerprint density at radius 3 is 2.76 bits per heavy atom. The Morgan fingerprint density at radius 1 is 1.41 bits per heavy atom. The lowest BCUT2D eigenvalue weighted by molar-refractivity contribution is 0.0629. The van der Waals surface area contributed by atoms with Crippen molar-refractivity contribution in [3.05, 3.63) is 35.6 Å². The normalized spacial score (nSPS) is 20.2. The third kappa shape index (κ3) is 2.74. The minimum Gasteiger partial charge on any atom is -0.449 e. The van der Waals surface area contributed by atoms with Crippen LogP contribution in [0.2, 0.25) is 0 Å². The van der Waals surface area contributed by atoms with Gasteiger partial charge < -0.3 is 15.4 Å². The Balaban J connectivity index is 2.07. The standard InChI is InChI=1S/C12H15FN2O2/c13-11-3-1-9(2-4-11)10-7-15(6-5-14)12(16)17-8-10/h1-4,10H,5-8,14H2. The smallest absolute Gasteiger partial charge is 0.409 e. The van der Waals surface area contributed by atoms with E-state index in [9.17, 15) is 9.18 Å². The van der Waals surface area contributed by atoms with E-state index in [1.54, 1.807) is 17.0 Å². The van der Waals surface area contributed by atoms with Crippen LogP contribution in [0.5, 0.6) is 0 Å². The van der Waals surface area contributed by atoms with E-state index in [1.165, 1.54) is 12.1 Å². The van der Waals surface area contributed by atoms with Crippen molar-refractivity contribution in [2.75, 3.05) is 26.2 Å². The number of hydrogen-bond donors (Lipinski definition) is 1. The molecule has 0 bridgehead atoms. The maximum atomic E-state index is 12.8. The van der Waals surface area contributed by atoms with Crippen LogP contribution in [-0.4, -0.2) is 37.2 Å². The monoisotopic (exact) mass is 238 g/mol. The number of cyclic esters (lactones) is 1. The lowest BCUT2D eigenvalue weighted by Gasteiger charge is -2.32. The summed E-state index contributed by atoms with van der Waals surface area (Å²) in [4.78, 5) is 13.0. The van der Waals surface area contributed by atoms with E-state index in [-0.39, 0.29) is 17.8 Å². The Hall–Kier alpha value is -1.62. The molecule has 1 aliphatic rings. The summed E-state index contributed by atoms with van der Waals surface area (Å²) < 4.78 is 17.9. The summed E-state index contributed by atoms with van der Waals surface area (Å²) in [5.74, 6) is -0.180. The zero-order valence-corrected chi connectivity index (χ0v) is 9.43. The topological polar surface area (TPSA) is 55.6 Å². The van der Waals surface area contributed by atoms with Gasteiger partial charge in [-0.25, -0.2) is 9.18 Å². The van der Waals surface area contributed by atoms with Gasteiger partial charge in [0.25, 0.3) is 0 Å². The second kappa shape index (κ2) is 5.14. The van der Waals surface area contributed by atoms with Gasteiger partial charge in [-0.1, -0.05) is 12.1 Å². The summed E-state index contributed by atoms with van der Waals surface area (Å²) in [6.07, 6.45) is -0.325. The van der Waals surface area contributed by atoms with E-state index >= 15 is 0 Å². The molecule has 2 N–H and O–H groups in total. The van der Waals surface area contributed by atoms with Gasteiger partial charge in [-0.2, -0.15) is 0 Å². The first-order valence-corrected chi connectivity index (χ1v) is 5.58. The van der Waals surface area contributed by atoms with Crippen LogP contribution >= 0.6 is 0 Å². The van der Waals surface area contributed by atoms with Crippen molar-refractivity contribution < 1.29 is 13.9 Å². The third-order valence-corrected chi connectivity index (χ3v) is 2.85. The van der Waals surface area contributed by atoms with Crippen molar-refractivity contribution in [3.8, 4) is 0 Å². The Kier molecular flexibility index (Phi) is 3.58. The summed E-state index contributed by atoms with van der Waals surface area (Å²) >= 11 is 0. The highest BCUT2D eigenvalue weighted by Crippen LogP contribution is 2.22. The second-order valence-electron chi connectivity index (χ2n) is 4.06. The maximum Gasteiger partial charge on any atom is 0.409 e. The van der Waals surface area contributed by atoms with E-state index in [4.69, 9.17) is 10.5 Å². The number of amides is 1. The van der Waals surface area contributed by atoms with Crippen molar-refractivity contribution in [2.45, 2.75) is 5.92 Å². The van der Waals surface area contributed by atoms with Crippen LogP contribution in [0, 0.1) is 5.82 Å². The molecule has 1 aliphatic heterocycles. The zero-order valence-electron chi connectivity index (χ0n) is 9.43. The first kappa shape index (κ1) is 11.9. The Morgan fingerprint density at radius 2 is 2.12 bits per heavy atom. The molecule has 0 radical (unpaired) electrons. The third-order valence-electron chi connectivity index (χ3n) is 2.85. The maximum absolute atomic E-state index is 12.8. The fraction of sp³-hybridized carbons (Fsp3) is 0.417. The van der Waals surface area contributed by atoms with Gasteiger partial charge in [0, 0.05) is 25.6 Å². The lowest BCUT2D eigenvalue weighted by atomic mass is 9.98. The average molecular weight is 238 g/mol. The number of carbonyl (C=O) groups excluding carboxylic acids is 1. The molecular formula is C12H15FN2O2. The summed E-state index contributed by atoms with van der Waals surface area (Å²) in [6.45, 7) is 1.80. The van der Waals surface area contributed by atoms with Crippen molar-refractivity contribution in [2.24, 2.45) is 5.73 Å². The minimum absolute atomic E-state index is 0.0832. The Bertz CT molecular complexity index is 394. The molecular weight excluding hydrogens is 223 g/mol. The number of carbonyl (C=O) groups is 1. The molecule has 1 unspecified atom stereocenters. The molecule has 1 atom stereocenters. The van der Waals surface area contributed by atoms with Crippen molar-refractivity contribution in [3.63, 3.8) is 0 Å². The molecule has 1 aromatic rings. The fourth-order valence-corrected chi connectivity index (χ4v) is 1.93. The molecule has 0 spiro atoms. The summed E-state index contributed by atoms with van der Waals surface area (Å²) in [5, 5.41) is 0. The van der Waals surface area contributed by atoms with Gasteiger partial charge in [-0.3, -0.25) is 0 Å². The number of benzene rings is 1. The number of nitrogens with two attached hydrogens (primary N) is 1. The molecule has 1 heterocycles. The second-order valence-corrected chi connectivity index (χ2v) is 4.06. The number of nitrogens with zero attached hydrogens (tertiary/aromatic N) is 1. The van der Waals surface area contributed by atoms with Crippen LogP contribution in [0.1, 0.15) is 11.5 Å². The minimum atomic E-state index is -0.325. The van der Waals surface area contributed by atoms with Crippen LogP contribution in [0.15, 0.2) is 24.3 Å². The Labute approximate surface area is 99.2 Å². The van der Waals surface area contributed by atoms with Crippen molar-refractivity contribution in [1.29, 1.82) is 0 Å². The SMILES string of the molecule is NCCN1CC(c2ccc(F)cc2)COC1=O. The average Bonchev–Trinajstić information content (AvgIpc) is 2.33. The molecule has 0 aliphatic carbocycles. The first-order chi connectivity index (χ1) is 8.20. The zero-order chi connectivity index (χ0) is 12.3. The predicted molar refractivity (Wildman–Crippen MR) is 61.1 cm³/mol. The molecule has 1 aromatic carbocycles. The summed E-state index contributed by atoms with van der Waals surface area (Å²) in [5.41, 5.74) is 6.40. The molecule has 5 heteroatoms. The fourth-order valence-electron chi connectivity index (χ4n) is 1.93. The molecule has 1 saturated heterocycles. The van der Waals surface area contributed by atoms with E-state index in [2.05, 4.69) is 0 Å². The van der Waals surface area contributed by atoms with Gasteiger partial charge in [0.1, 0.15) is 12.4 Å². The van der Waals surface area contributed by atoms with Crippen LogP contribution in [0.3, 0.4) is 0 Å². The van der Waals surface area contributed by atoms with Crippen molar-refractivity contribution >= 4 is 6.09 Å². The molecule has 2 rings (SSSR count). The molecule has 1 fully saturated rings. The van der Waals surface area contributed by atoms with E-state index in [0.29, 0.717) is 26.2 Å². The highest BCUT2D eigenvalue weighted by atomic mass is 19.1.